The quantitative estimate of drug-likeness (QED) is 0.649. The van der Waals surface area contributed by atoms with E-state index in [4.69, 9.17) is 0 Å². The maximum atomic E-state index is 10.4. The predicted molar refractivity (Wildman–Crippen MR) is 77.3 cm³/mol. The molecule has 0 aliphatic heterocycles. The van der Waals surface area contributed by atoms with Crippen molar-refractivity contribution in [2.24, 2.45) is 0 Å². The van der Waals surface area contributed by atoms with Gasteiger partial charge in [0.2, 0.25) is 0 Å². The lowest BCUT2D eigenvalue weighted by Gasteiger charge is -2.23. The zero-order valence-electron chi connectivity index (χ0n) is 12.6. The van der Waals surface area contributed by atoms with Crippen molar-refractivity contribution in [1.82, 2.24) is 0 Å². The number of hydrogen-bond acceptors (Lipinski definition) is 2. The lowest BCUT2D eigenvalue weighted by molar-refractivity contribution is 0.0734. The fraction of sp³-hybridized carbons (Fsp3) is 0.875. The molecule has 0 aromatic carbocycles. The molecule has 0 heterocycles. The van der Waals surface area contributed by atoms with E-state index < -0.39 is 11.2 Å². The molecule has 0 aliphatic carbocycles. The molecule has 18 heavy (non-hydrogen) atoms. The molecule has 2 heteroatoms. The van der Waals surface area contributed by atoms with Gasteiger partial charge in [0.15, 0.2) is 0 Å². The Balaban J connectivity index is 4.73. The number of unbranched alkanes of at least 4 members (excludes halogenated alkanes) is 2. The summed E-state index contributed by atoms with van der Waals surface area (Å²) in [6.45, 7) is 8.10. The Morgan fingerprint density at radius 1 is 0.722 bits per heavy atom. The highest BCUT2D eigenvalue weighted by atomic mass is 16.3. The van der Waals surface area contributed by atoms with E-state index in [1.165, 1.54) is 0 Å². The van der Waals surface area contributed by atoms with Gasteiger partial charge in [0, 0.05) is 0 Å². The molecule has 0 fully saturated rings. The first-order valence-corrected chi connectivity index (χ1v) is 7.44. The van der Waals surface area contributed by atoms with E-state index in [1.54, 1.807) is 0 Å². The van der Waals surface area contributed by atoms with Gasteiger partial charge in [0.1, 0.15) is 11.2 Å². The second kappa shape index (κ2) is 8.56. The molecule has 0 aromatic heterocycles. The molecule has 2 nitrogen and oxygen atoms in total. The van der Waals surface area contributed by atoms with Gasteiger partial charge in [-0.1, -0.05) is 52.4 Å². The minimum atomic E-state index is -0.925. The van der Waals surface area contributed by atoms with Crippen LogP contribution in [0, 0.1) is 11.8 Å². The summed E-state index contributed by atoms with van der Waals surface area (Å²) in [6, 6.07) is 0. The van der Waals surface area contributed by atoms with Gasteiger partial charge < -0.3 is 10.2 Å². The zero-order chi connectivity index (χ0) is 14.1. The summed E-state index contributed by atoms with van der Waals surface area (Å²) in [5.74, 6) is 5.87. The third-order valence-electron chi connectivity index (χ3n) is 3.59. The Bertz CT molecular complexity index is 251. The van der Waals surface area contributed by atoms with E-state index in [1.807, 2.05) is 13.8 Å². The first kappa shape index (κ1) is 17.5. The van der Waals surface area contributed by atoms with Crippen LogP contribution in [-0.2, 0) is 0 Å². The molecule has 0 radical (unpaired) electrons. The van der Waals surface area contributed by atoms with E-state index in [9.17, 15) is 10.2 Å². The van der Waals surface area contributed by atoms with E-state index in [-0.39, 0.29) is 0 Å². The van der Waals surface area contributed by atoms with Crippen molar-refractivity contribution in [1.29, 1.82) is 0 Å². The maximum Gasteiger partial charge on any atom is 0.125 e. The van der Waals surface area contributed by atoms with Crippen LogP contribution in [0.4, 0.5) is 0 Å². The van der Waals surface area contributed by atoms with Crippen LogP contribution in [-0.4, -0.2) is 21.4 Å². The Kier molecular flexibility index (Phi) is 8.31. The summed E-state index contributed by atoms with van der Waals surface area (Å²) in [6.07, 6.45) is 6.68. The van der Waals surface area contributed by atoms with Gasteiger partial charge in [0.05, 0.1) is 0 Å². The van der Waals surface area contributed by atoms with Gasteiger partial charge in [-0.3, -0.25) is 0 Å². The van der Waals surface area contributed by atoms with Crippen molar-refractivity contribution < 1.29 is 10.2 Å². The number of aliphatic hydroxyl groups is 2. The van der Waals surface area contributed by atoms with Crippen LogP contribution in [0.15, 0.2) is 0 Å². The molecule has 106 valence electrons. The van der Waals surface area contributed by atoms with Crippen LogP contribution in [0.2, 0.25) is 0 Å². The summed E-state index contributed by atoms with van der Waals surface area (Å²) in [4.78, 5) is 0. The molecule has 2 N–H and O–H groups in total. The zero-order valence-corrected chi connectivity index (χ0v) is 12.6. The van der Waals surface area contributed by atoms with E-state index >= 15 is 0 Å². The second-order valence-electron chi connectivity index (χ2n) is 5.23. The monoisotopic (exact) mass is 254 g/mol. The molecule has 0 unspecified atom stereocenters. The summed E-state index contributed by atoms with van der Waals surface area (Å²) < 4.78 is 0. The largest absolute Gasteiger partial charge is 0.378 e. The summed E-state index contributed by atoms with van der Waals surface area (Å²) in [7, 11) is 0. The summed E-state index contributed by atoms with van der Waals surface area (Å²) in [5.41, 5.74) is -1.85. The van der Waals surface area contributed by atoms with Gasteiger partial charge in [-0.2, -0.15) is 0 Å². The van der Waals surface area contributed by atoms with Crippen molar-refractivity contribution in [3.05, 3.63) is 0 Å². The molecule has 0 saturated heterocycles. The summed E-state index contributed by atoms with van der Waals surface area (Å²) in [5, 5.41) is 20.7. The first-order valence-electron chi connectivity index (χ1n) is 7.44. The van der Waals surface area contributed by atoms with Crippen molar-refractivity contribution >= 4 is 0 Å². The summed E-state index contributed by atoms with van der Waals surface area (Å²) >= 11 is 0. The Morgan fingerprint density at radius 3 is 1.28 bits per heavy atom. The minimum absolute atomic E-state index is 0.619. The van der Waals surface area contributed by atoms with Crippen molar-refractivity contribution in [2.45, 2.75) is 90.3 Å². The average Bonchev–Trinajstić information content (AvgIpc) is 2.40. The molecule has 0 amide bonds. The highest BCUT2D eigenvalue weighted by Gasteiger charge is 2.25. The highest BCUT2D eigenvalue weighted by molar-refractivity contribution is 5.20. The van der Waals surface area contributed by atoms with Gasteiger partial charge in [-0.25, -0.2) is 0 Å². The third-order valence-corrected chi connectivity index (χ3v) is 3.59. The van der Waals surface area contributed by atoms with Gasteiger partial charge in [0.25, 0.3) is 0 Å². The molecule has 0 rings (SSSR count). The third kappa shape index (κ3) is 6.42. The van der Waals surface area contributed by atoms with Crippen LogP contribution in [0.25, 0.3) is 0 Å². The van der Waals surface area contributed by atoms with Crippen molar-refractivity contribution in [3.63, 3.8) is 0 Å². The van der Waals surface area contributed by atoms with E-state index in [0.717, 1.165) is 25.7 Å². The van der Waals surface area contributed by atoms with Gasteiger partial charge in [-0.15, -0.1) is 0 Å². The Labute approximate surface area is 113 Å². The van der Waals surface area contributed by atoms with Crippen LogP contribution < -0.4 is 0 Å². The van der Waals surface area contributed by atoms with E-state index in [2.05, 4.69) is 25.7 Å². The van der Waals surface area contributed by atoms with Gasteiger partial charge in [-0.05, 0) is 38.5 Å². The highest BCUT2D eigenvalue weighted by Crippen LogP contribution is 2.21. The molecule has 0 aromatic rings. The molecule has 0 spiro atoms. The number of hydrogen-bond donors (Lipinski definition) is 2. The predicted octanol–water partition coefficient (Wildman–Crippen LogP) is 3.65. The number of rotatable bonds is 8. The maximum absolute atomic E-state index is 10.4. The minimum Gasteiger partial charge on any atom is -0.378 e. The smallest absolute Gasteiger partial charge is 0.125 e. The van der Waals surface area contributed by atoms with Crippen LogP contribution in [0.5, 0.6) is 0 Å². The SMILES string of the molecule is CCCC[C@@](O)(C#C[C@@](O)(CC)CCCC)CC. The normalized spacial score (nSPS) is 17.4. The second-order valence-corrected chi connectivity index (χ2v) is 5.23. The van der Waals surface area contributed by atoms with Gasteiger partial charge >= 0.3 is 0 Å². The molecule has 0 bridgehead atoms. The molecular weight excluding hydrogens is 224 g/mol. The topological polar surface area (TPSA) is 40.5 Å². The van der Waals surface area contributed by atoms with Crippen molar-refractivity contribution in [2.75, 3.05) is 0 Å². The van der Waals surface area contributed by atoms with E-state index in [0.29, 0.717) is 25.7 Å². The lowest BCUT2D eigenvalue weighted by atomic mass is 9.90. The Morgan fingerprint density at radius 2 is 1.06 bits per heavy atom. The average molecular weight is 254 g/mol. The molecular formula is C16H30O2. The van der Waals surface area contributed by atoms with Crippen molar-refractivity contribution in [3.8, 4) is 11.8 Å². The standard InChI is InChI=1S/C16H30O2/c1-5-9-11-15(17,7-3)13-14-16(18,8-4)12-10-6-2/h17-18H,5-12H2,1-4H3/t15-,16-/m1/s1. The molecule has 2 atom stereocenters. The van der Waals surface area contributed by atoms with Crippen LogP contribution in [0.1, 0.15) is 79.1 Å². The fourth-order valence-corrected chi connectivity index (χ4v) is 1.83. The molecule has 0 aliphatic rings. The van der Waals surface area contributed by atoms with Crippen LogP contribution in [0.3, 0.4) is 0 Å². The molecule has 0 saturated carbocycles. The fourth-order valence-electron chi connectivity index (χ4n) is 1.83. The van der Waals surface area contributed by atoms with Crippen LogP contribution >= 0.6 is 0 Å². The lowest BCUT2D eigenvalue weighted by Crippen LogP contribution is -2.29. The Hall–Kier alpha value is -0.520. The first-order chi connectivity index (χ1) is 8.45.